The summed E-state index contributed by atoms with van der Waals surface area (Å²) in [4.78, 5) is 23.6. The highest BCUT2D eigenvalue weighted by Gasteiger charge is 2.64. The topological polar surface area (TPSA) is 82.1 Å². The summed E-state index contributed by atoms with van der Waals surface area (Å²) in [6.45, 7) is -1.42. The first kappa shape index (κ1) is 20.1. The first-order valence-corrected chi connectivity index (χ1v) is 6.75. The summed E-state index contributed by atoms with van der Waals surface area (Å²) in [5, 5.41) is 9.35. The Kier molecular flexibility index (Phi) is 6.88. The molecule has 0 aliphatic rings. The highest BCUT2D eigenvalue weighted by atomic mass is 19.4. The fourth-order valence-electron chi connectivity index (χ4n) is 1.97. The number of alkyl halides is 3. The lowest BCUT2D eigenvalue weighted by molar-refractivity contribution is -0.276. The summed E-state index contributed by atoms with van der Waals surface area (Å²) >= 11 is 0. The SMILES string of the molecule is COC[C@H](O)C(=O)COC(=O)[C@](OC)(c1ccccc1)C(F)(F)F. The molecule has 0 unspecified atom stereocenters. The minimum Gasteiger partial charge on any atom is -0.455 e. The van der Waals surface area contributed by atoms with Gasteiger partial charge in [0.25, 0.3) is 5.60 Å². The minimum absolute atomic E-state index is 0.371. The van der Waals surface area contributed by atoms with Crippen LogP contribution in [0.25, 0.3) is 0 Å². The number of carbonyl (C=O) groups excluding carboxylic acids is 2. The molecule has 2 atom stereocenters. The van der Waals surface area contributed by atoms with Crippen molar-refractivity contribution in [2.75, 3.05) is 27.4 Å². The summed E-state index contributed by atoms with van der Waals surface area (Å²) in [6.07, 6.45) is -6.74. The van der Waals surface area contributed by atoms with E-state index in [0.29, 0.717) is 7.11 Å². The maximum Gasteiger partial charge on any atom is 0.432 e. The van der Waals surface area contributed by atoms with Gasteiger partial charge in [-0.25, -0.2) is 4.79 Å². The van der Waals surface area contributed by atoms with Crippen molar-refractivity contribution in [2.45, 2.75) is 17.9 Å². The third-order valence-corrected chi connectivity index (χ3v) is 3.21. The number of hydrogen-bond acceptors (Lipinski definition) is 6. The molecule has 9 heteroatoms. The molecule has 6 nitrogen and oxygen atoms in total. The average molecular weight is 350 g/mol. The van der Waals surface area contributed by atoms with Crippen molar-refractivity contribution in [2.24, 2.45) is 0 Å². The van der Waals surface area contributed by atoms with Crippen molar-refractivity contribution in [3.05, 3.63) is 35.9 Å². The van der Waals surface area contributed by atoms with Gasteiger partial charge < -0.3 is 19.3 Å². The smallest absolute Gasteiger partial charge is 0.432 e. The van der Waals surface area contributed by atoms with E-state index in [1.165, 1.54) is 25.3 Å². The summed E-state index contributed by atoms with van der Waals surface area (Å²) in [7, 11) is 1.93. The Hall–Kier alpha value is -1.97. The second-order valence-electron chi connectivity index (χ2n) is 4.76. The molecule has 0 aliphatic carbocycles. The molecular weight excluding hydrogens is 333 g/mol. The average Bonchev–Trinajstić information content (AvgIpc) is 2.53. The van der Waals surface area contributed by atoms with Crippen LogP contribution in [0.2, 0.25) is 0 Å². The zero-order valence-corrected chi connectivity index (χ0v) is 13.0. The molecule has 0 spiro atoms. The third kappa shape index (κ3) is 4.11. The Balaban J connectivity index is 3.05. The zero-order valence-electron chi connectivity index (χ0n) is 13.0. The molecule has 0 fully saturated rings. The standard InChI is InChI=1S/C15H17F3O6/c1-22-8-11(19)12(20)9-24-13(21)14(23-2,15(16,17)18)10-6-4-3-5-7-10/h3-7,11,19H,8-9H2,1-2H3/t11-,14+/m0/s1. The van der Waals surface area contributed by atoms with Crippen LogP contribution in [-0.2, 0) is 29.4 Å². The molecule has 0 heterocycles. The predicted molar refractivity (Wildman–Crippen MR) is 75.0 cm³/mol. The van der Waals surface area contributed by atoms with Crippen LogP contribution in [0.3, 0.4) is 0 Å². The normalized spacial score (nSPS) is 15.4. The molecule has 0 aliphatic heterocycles. The molecule has 1 rings (SSSR count). The number of Topliss-reactive ketones (excluding diaryl/α,β-unsaturated/α-hetero) is 1. The molecule has 134 valence electrons. The largest absolute Gasteiger partial charge is 0.455 e. The van der Waals surface area contributed by atoms with Gasteiger partial charge in [-0.05, 0) is 0 Å². The summed E-state index contributed by atoms with van der Waals surface area (Å²) < 4.78 is 54.1. The number of rotatable bonds is 8. The van der Waals surface area contributed by atoms with Crippen LogP contribution in [0, 0.1) is 0 Å². The number of ketones is 1. The second kappa shape index (κ2) is 8.22. The molecule has 24 heavy (non-hydrogen) atoms. The van der Waals surface area contributed by atoms with Gasteiger partial charge in [-0.2, -0.15) is 13.2 Å². The molecular formula is C15H17F3O6. The monoisotopic (exact) mass is 350 g/mol. The lowest BCUT2D eigenvalue weighted by atomic mass is 9.93. The van der Waals surface area contributed by atoms with Crippen LogP contribution < -0.4 is 0 Å². The fourth-order valence-corrected chi connectivity index (χ4v) is 1.97. The van der Waals surface area contributed by atoms with Gasteiger partial charge in [0, 0.05) is 19.8 Å². The second-order valence-corrected chi connectivity index (χ2v) is 4.76. The highest BCUT2D eigenvalue weighted by molar-refractivity contribution is 5.88. The molecule has 0 amide bonds. The highest BCUT2D eigenvalue weighted by Crippen LogP contribution is 2.42. The molecule has 0 aromatic heterocycles. The lowest BCUT2D eigenvalue weighted by Gasteiger charge is -2.32. The molecule has 1 N–H and O–H groups in total. The van der Waals surface area contributed by atoms with Crippen LogP contribution >= 0.6 is 0 Å². The first-order valence-electron chi connectivity index (χ1n) is 6.75. The van der Waals surface area contributed by atoms with E-state index >= 15 is 0 Å². The van der Waals surface area contributed by atoms with Crippen LogP contribution in [0.5, 0.6) is 0 Å². The van der Waals surface area contributed by atoms with Gasteiger partial charge in [0.05, 0.1) is 6.61 Å². The van der Waals surface area contributed by atoms with Crippen LogP contribution in [0.4, 0.5) is 13.2 Å². The van der Waals surface area contributed by atoms with Gasteiger partial charge in [0.15, 0.2) is 6.61 Å². The van der Waals surface area contributed by atoms with E-state index in [-0.39, 0.29) is 6.61 Å². The maximum atomic E-state index is 13.5. The number of methoxy groups -OCH3 is 2. The van der Waals surface area contributed by atoms with E-state index in [4.69, 9.17) is 0 Å². The third-order valence-electron chi connectivity index (χ3n) is 3.21. The van der Waals surface area contributed by atoms with Crippen molar-refractivity contribution in [1.82, 2.24) is 0 Å². The number of carbonyl (C=O) groups is 2. The Morgan fingerprint density at radius 2 is 1.75 bits per heavy atom. The van der Waals surface area contributed by atoms with Gasteiger partial charge >= 0.3 is 12.1 Å². The maximum absolute atomic E-state index is 13.5. The zero-order chi connectivity index (χ0) is 18.4. The molecule has 1 aromatic carbocycles. The van der Waals surface area contributed by atoms with E-state index in [2.05, 4.69) is 14.2 Å². The molecule has 0 bridgehead atoms. The van der Waals surface area contributed by atoms with Gasteiger partial charge in [-0.1, -0.05) is 30.3 Å². The molecule has 0 radical (unpaired) electrons. The number of aliphatic hydroxyl groups excluding tert-OH is 1. The number of hydrogen-bond donors (Lipinski definition) is 1. The Morgan fingerprint density at radius 3 is 2.21 bits per heavy atom. The van der Waals surface area contributed by atoms with Gasteiger partial charge in [0.2, 0.25) is 5.78 Å². The Labute approximate surface area is 136 Å². The molecule has 1 aromatic rings. The minimum atomic E-state index is -5.13. The number of aliphatic hydroxyl groups is 1. The number of halogens is 3. The van der Waals surface area contributed by atoms with Crippen molar-refractivity contribution < 1.29 is 42.1 Å². The van der Waals surface area contributed by atoms with Crippen molar-refractivity contribution in [1.29, 1.82) is 0 Å². The van der Waals surface area contributed by atoms with Crippen molar-refractivity contribution in [3.8, 4) is 0 Å². The number of benzene rings is 1. The van der Waals surface area contributed by atoms with Crippen LogP contribution in [0.15, 0.2) is 30.3 Å². The van der Waals surface area contributed by atoms with Crippen molar-refractivity contribution >= 4 is 11.8 Å². The summed E-state index contributed by atoms with van der Waals surface area (Å²) in [6, 6.07) is 6.18. The van der Waals surface area contributed by atoms with Gasteiger partial charge in [-0.15, -0.1) is 0 Å². The number of ether oxygens (including phenoxy) is 3. The Bertz CT molecular complexity index is 560. The molecule has 0 saturated heterocycles. The van der Waals surface area contributed by atoms with E-state index in [1.807, 2.05) is 0 Å². The first-order chi connectivity index (χ1) is 11.2. The van der Waals surface area contributed by atoms with E-state index < -0.39 is 41.8 Å². The molecule has 0 saturated carbocycles. The summed E-state index contributed by atoms with van der Waals surface area (Å²) in [5.74, 6) is -2.80. The number of esters is 1. The lowest BCUT2D eigenvalue weighted by Crippen LogP contribution is -2.52. The fraction of sp³-hybridized carbons (Fsp3) is 0.467. The van der Waals surface area contributed by atoms with E-state index in [1.54, 1.807) is 0 Å². The van der Waals surface area contributed by atoms with E-state index in [9.17, 15) is 27.9 Å². The van der Waals surface area contributed by atoms with Crippen LogP contribution in [-0.4, -0.2) is 56.6 Å². The summed E-state index contributed by atoms with van der Waals surface area (Å²) in [5.41, 5.74) is -3.87. The van der Waals surface area contributed by atoms with Crippen molar-refractivity contribution in [3.63, 3.8) is 0 Å². The quantitative estimate of drug-likeness (QED) is 0.710. The predicted octanol–water partition coefficient (Wildman–Crippen LogP) is 1.21. The van der Waals surface area contributed by atoms with Crippen LogP contribution in [0.1, 0.15) is 5.56 Å². The van der Waals surface area contributed by atoms with Gasteiger partial charge in [-0.3, -0.25) is 4.79 Å². The van der Waals surface area contributed by atoms with E-state index in [0.717, 1.165) is 12.1 Å². The Morgan fingerprint density at radius 1 is 1.17 bits per heavy atom. The van der Waals surface area contributed by atoms with Gasteiger partial charge in [0.1, 0.15) is 6.10 Å².